The molecule has 1 heterocycles. The van der Waals surface area contributed by atoms with Gasteiger partial charge in [0.15, 0.2) is 11.5 Å². The minimum atomic E-state index is -0.104. The molecule has 0 aliphatic carbocycles. The number of nitrogens with zero attached hydrogens (tertiary/aromatic N) is 1. The number of hydrogen-bond acceptors (Lipinski definition) is 5. The highest BCUT2D eigenvalue weighted by Gasteiger charge is 2.35. The maximum Gasteiger partial charge on any atom is 0.238 e. The summed E-state index contributed by atoms with van der Waals surface area (Å²) in [7, 11) is 4.68. The summed E-state index contributed by atoms with van der Waals surface area (Å²) in [5.74, 6) is 2.02. The van der Waals surface area contributed by atoms with Crippen LogP contribution in [0.4, 0.5) is 5.69 Å². The van der Waals surface area contributed by atoms with Crippen LogP contribution in [0.2, 0.25) is 0 Å². The maximum absolute atomic E-state index is 12.6. The number of thioether (sulfide) groups is 1. The van der Waals surface area contributed by atoms with Gasteiger partial charge in [0, 0.05) is 16.6 Å². The van der Waals surface area contributed by atoms with Crippen molar-refractivity contribution in [1.82, 2.24) is 0 Å². The summed E-state index contributed by atoms with van der Waals surface area (Å²) in [5, 5.41) is -0.104. The molecule has 0 saturated carbocycles. The lowest BCUT2D eigenvalue weighted by atomic mass is 10.1. The first-order valence-corrected chi connectivity index (χ1v) is 9.42. The summed E-state index contributed by atoms with van der Waals surface area (Å²) in [6.45, 7) is 0. The van der Waals surface area contributed by atoms with Crippen molar-refractivity contribution in [3.8, 4) is 17.2 Å². The van der Waals surface area contributed by atoms with Gasteiger partial charge in [0.1, 0.15) is 5.37 Å². The Bertz CT molecular complexity index is 773. The van der Waals surface area contributed by atoms with Crippen LogP contribution in [0.25, 0.3) is 0 Å². The molecule has 0 N–H and O–H groups in total. The summed E-state index contributed by atoms with van der Waals surface area (Å²) in [6, 6.07) is 11.6. The Balaban J connectivity index is 2.08. The number of rotatable bonds is 5. The highest BCUT2D eigenvalue weighted by Crippen LogP contribution is 2.47. The number of hydrogen-bond donors (Lipinski definition) is 0. The van der Waals surface area contributed by atoms with Gasteiger partial charge in [-0.2, -0.15) is 0 Å². The lowest BCUT2D eigenvalue weighted by Gasteiger charge is -2.26. The normalized spacial score (nSPS) is 16.9. The van der Waals surface area contributed by atoms with Gasteiger partial charge in [-0.05, 0) is 17.7 Å². The van der Waals surface area contributed by atoms with Crippen LogP contribution >= 0.6 is 27.7 Å². The molecule has 1 saturated heterocycles. The number of anilines is 1. The number of ether oxygens (including phenoxy) is 3. The minimum absolute atomic E-state index is 0.0456. The molecule has 132 valence electrons. The fraction of sp³-hybridized carbons (Fsp3) is 0.278. The summed E-state index contributed by atoms with van der Waals surface area (Å²) in [6.07, 6.45) is 0. The van der Waals surface area contributed by atoms with Crippen molar-refractivity contribution in [3.63, 3.8) is 0 Å². The van der Waals surface area contributed by atoms with Crippen LogP contribution in [0.15, 0.2) is 40.9 Å². The number of amides is 1. The average molecular weight is 424 g/mol. The van der Waals surface area contributed by atoms with Gasteiger partial charge >= 0.3 is 0 Å². The predicted molar refractivity (Wildman–Crippen MR) is 103 cm³/mol. The largest absolute Gasteiger partial charge is 0.493 e. The van der Waals surface area contributed by atoms with Gasteiger partial charge in [-0.15, -0.1) is 11.8 Å². The van der Waals surface area contributed by atoms with Crippen molar-refractivity contribution in [1.29, 1.82) is 0 Å². The number of benzene rings is 2. The van der Waals surface area contributed by atoms with Gasteiger partial charge < -0.3 is 14.2 Å². The molecule has 0 spiro atoms. The van der Waals surface area contributed by atoms with E-state index in [9.17, 15) is 4.79 Å². The summed E-state index contributed by atoms with van der Waals surface area (Å²) < 4.78 is 17.2. The number of methoxy groups -OCH3 is 3. The molecule has 1 atom stereocenters. The van der Waals surface area contributed by atoms with Crippen molar-refractivity contribution in [3.05, 3.63) is 46.4 Å². The summed E-state index contributed by atoms with van der Waals surface area (Å²) >= 11 is 5.09. The van der Waals surface area contributed by atoms with Gasteiger partial charge in [0.05, 0.1) is 32.8 Å². The molecule has 0 bridgehead atoms. The molecule has 25 heavy (non-hydrogen) atoms. The van der Waals surface area contributed by atoms with Crippen LogP contribution in [0.5, 0.6) is 17.2 Å². The molecule has 1 unspecified atom stereocenters. The van der Waals surface area contributed by atoms with E-state index in [0.717, 1.165) is 15.7 Å². The molecule has 7 heteroatoms. The van der Waals surface area contributed by atoms with Gasteiger partial charge in [-0.1, -0.05) is 28.1 Å². The van der Waals surface area contributed by atoms with Crippen molar-refractivity contribution in [2.45, 2.75) is 5.37 Å². The molecule has 1 fully saturated rings. The van der Waals surface area contributed by atoms with Crippen LogP contribution < -0.4 is 19.1 Å². The smallest absolute Gasteiger partial charge is 0.238 e. The molecule has 2 aromatic rings. The lowest BCUT2D eigenvalue weighted by molar-refractivity contribution is -0.115. The van der Waals surface area contributed by atoms with E-state index < -0.39 is 0 Å². The second-order valence-electron chi connectivity index (χ2n) is 5.37. The molecular formula is C18H18BrNO4S. The Morgan fingerprint density at radius 1 is 1.08 bits per heavy atom. The van der Waals surface area contributed by atoms with Crippen LogP contribution in [0.3, 0.4) is 0 Å². The highest BCUT2D eigenvalue weighted by molar-refractivity contribution is 9.10. The van der Waals surface area contributed by atoms with Crippen LogP contribution in [0, 0.1) is 0 Å². The molecule has 1 aliphatic heterocycles. The first-order valence-electron chi connectivity index (χ1n) is 7.58. The fourth-order valence-corrected chi connectivity index (χ4v) is 4.40. The van der Waals surface area contributed by atoms with E-state index in [4.69, 9.17) is 14.2 Å². The van der Waals surface area contributed by atoms with E-state index in [1.807, 2.05) is 24.3 Å². The average Bonchev–Trinajstić information content (AvgIpc) is 3.01. The minimum Gasteiger partial charge on any atom is -0.493 e. The first-order chi connectivity index (χ1) is 12.1. The van der Waals surface area contributed by atoms with Crippen LogP contribution in [-0.4, -0.2) is 33.0 Å². The zero-order valence-electron chi connectivity index (χ0n) is 14.1. The van der Waals surface area contributed by atoms with E-state index >= 15 is 0 Å². The van der Waals surface area contributed by atoms with Gasteiger partial charge in [-0.25, -0.2) is 0 Å². The Hall–Kier alpha value is -1.86. The monoisotopic (exact) mass is 423 g/mol. The quantitative estimate of drug-likeness (QED) is 0.718. The van der Waals surface area contributed by atoms with Crippen molar-refractivity contribution in [2.75, 3.05) is 32.0 Å². The third-order valence-electron chi connectivity index (χ3n) is 3.93. The van der Waals surface area contributed by atoms with Crippen molar-refractivity contribution in [2.24, 2.45) is 0 Å². The SMILES string of the molecule is COc1cc(N2C(=O)CSC2c2cccc(Br)c2)cc(OC)c1OC. The summed E-state index contributed by atoms with van der Waals surface area (Å²) in [5.41, 5.74) is 1.77. The molecule has 0 radical (unpaired) electrons. The fourth-order valence-electron chi connectivity index (χ4n) is 2.82. The topological polar surface area (TPSA) is 48.0 Å². The predicted octanol–water partition coefficient (Wildman–Crippen LogP) is 4.25. The third-order valence-corrected chi connectivity index (χ3v) is 5.63. The van der Waals surface area contributed by atoms with Crippen LogP contribution in [0.1, 0.15) is 10.9 Å². The second-order valence-corrected chi connectivity index (χ2v) is 7.35. The molecule has 1 aliphatic rings. The maximum atomic E-state index is 12.6. The van der Waals surface area contributed by atoms with Gasteiger partial charge in [-0.3, -0.25) is 9.69 Å². The number of carbonyl (C=O) groups is 1. The number of halogens is 1. The van der Waals surface area contributed by atoms with E-state index in [1.54, 1.807) is 50.1 Å². The molecule has 0 aromatic heterocycles. The van der Waals surface area contributed by atoms with Crippen molar-refractivity contribution >= 4 is 39.3 Å². The van der Waals surface area contributed by atoms with Crippen LogP contribution in [-0.2, 0) is 4.79 Å². The van der Waals surface area contributed by atoms with E-state index in [-0.39, 0.29) is 11.3 Å². The van der Waals surface area contributed by atoms with Gasteiger partial charge in [0.2, 0.25) is 11.7 Å². The Kier molecular flexibility index (Phi) is 5.44. The zero-order valence-corrected chi connectivity index (χ0v) is 16.5. The first kappa shape index (κ1) is 17.9. The van der Waals surface area contributed by atoms with E-state index in [0.29, 0.717) is 23.0 Å². The lowest BCUT2D eigenvalue weighted by Crippen LogP contribution is -2.27. The van der Waals surface area contributed by atoms with Gasteiger partial charge in [0.25, 0.3) is 0 Å². The molecule has 2 aromatic carbocycles. The molecular weight excluding hydrogens is 406 g/mol. The van der Waals surface area contributed by atoms with E-state index in [1.165, 1.54) is 0 Å². The number of carbonyl (C=O) groups excluding carboxylic acids is 1. The standard InChI is InChI=1S/C18H18BrNO4S/c1-22-14-8-13(9-15(23-2)17(14)24-3)20-16(21)10-25-18(20)11-5-4-6-12(19)7-11/h4-9,18H,10H2,1-3H3. The molecule has 3 rings (SSSR count). The summed E-state index contributed by atoms with van der Waals surface area (Å²) in [4.78, 5) is 14.4. The Morgan fingerprint density at radius 2 is 1.76 bits per heavy atom. The van der Waals surface area contributed by atoms with Crippen molar-refractivity contribution < 1.29 is 19.0 Å². The Labute approximate surface area is 159 Å². The second kappa shape index (κ2) is 7.58. The Morgan fingerprint density at radius 3 is 2.32 bits per heavy atom. The molecule has 5 nitrogen and oxygen atoms in total. The molecule has 1 amide bonds. The zero-order chi connectivity index (χ0) is 18.0. The third kappa shape index (κ3) is 3.43. The van der Waals surface area contributed by atoms with E-state index in [2.05, 4.69) is 15.9 Å². The highest BCUT2D eigenvalue weighted by atomic mass is 79.9.